The van der Waals surface area contributed by atoms with E-state index in [4.69, 9.17) is 0 Å². The maximum Gasteiger partial charge on any atom is 0.162 e. The summed E-state index contributed by atoms with van der Waals surface area (Å²) in [6.45, 7) is 0. The van der Waals surface area contributed by atoms with Gasteiger partial charge in [0.1, 0.15) is 0 Å². The minimum atomic E-state index is 0.358. The van der Waals surface area contributed by atoms with Crippen molar-refractivity contribution in [2.45, 2.75) is 70.1 Å². The van der Waals surface area contributed by atoms with E-state index < -0.39 is 0 Å². The van der Waals surface area contributed by atoms with Gasteiger partial charge < -0.3 is 0 Å². The van der Waals surface area contributed by atoms with Gasteiger partial charge in [0.2, 0.25) is 0 Å². The van der Waals surface area contributed by atoms with Gasteiger partial charge in [0, 0.05) is 12.0 Å². The van der Waals surface area contributed by atoms with Gasteiger partial charge in [0.25, 0.3) is 0 Å². The SMILES string of the molecule is O=C(CCC1CCCCC1)c1cccc(C2CCC2)c1. The molecule has 0 saturated heterocycles. The molecule has 0 atom stereocenters. The van der Waals surface area contributed by atoms with Crippen molar-refractivity contribution in [3.8, 4) is 0 Å². The number of hydrogen-bond acceptors (Lipinski definition) is 1. The number of carbonyl (C=O) groups excluding carboxylic acids is 1. The summed E-state index contributed by atoms with van der Waals surface area (Å²) in [4.78, 5) is 12.4. The molecular weight excluding hydrogens is 244 g/mol. The highest BCUT2D eigenvalue weighted by Crippen LogP contribution is 2.36. The summed E-state index contributed by atoms with van der Waals surface area (Å²) >= 11 is 0. The summed E-state index contributed by atoms with van der Waals surface area (Å²) in [7, 11) is 0. The maximum absolute atomic E-state index is 12.4. The number of Topliss-reactive ketones (excluding diaryl/α,β-unsaturated/α-hetero) is 1. The van der Waals surface area contributed by atoms with E-state index in [0.29, 0.717) is 5.78 Å². The topological polar surface area (TPSA) is 17.1 Å². The molecule has 2 fully saturated rings. The summed E-state index contributed by atoms with van der Waals surface area (Å²) in [5.41, 5.74) is 2.34. The molecule has 0 spiro atoms. The lowest BCUT2D eigenvalue weighted by Gasteiger charge is -2.26. The molecular formula is C19H26O. The molecule has 0 unspecified atom stereocenters. The highest BCUT2D eigenvalue weighted by molar-refractivity contribution is 5.96. The molecule has 108 valence electrons. The third kappa shape index (κ3) is 3.31. The van der Waals surface area contributed by atoms with E-state index in [1.54, 1.807) is 0 Å². The first kappa shape index (κ1) is 13.9. The first-order valence-corrected chi connectivity index (χ1v) is 8.46. The number of ketones is 1. The zero-order valence-corrected chi connectivity index (χ0v) is 12.4. The van der Waals surface area contributed by atoms with E-state index in [1.165, 1.54) is 56.9 Å². The van der Waals surface area contributed by atoms with Gasteiger partial charge in [-0.25, -0.2) is 0 Å². The Morgan fingerprint density at radius 1 is 1.00 bits per heavy atom. The monoisotopic (exact) mass is 270 g/mol. The summed E-state index contributed by atoms with van der Waals surface area (Å²) < 4.78 is 0. The summed E-state index contributed by atoms with van der Waals surface area (Å²) in [5.74, 6) is 1.89. The quantitative estimate of drug-likeness (QED) is 0.646. The zero-order chi connectivity index (χ0) is 13.8. The summed E-state index contributed by atoms with van der Waals surface area (Å²) in [6, 6.07) is 8.43. The molecule has 0 aromatic heterocycles. The van der Waals surface area contributed by atoms with Gasteiger partial charge in [-0.15, -0.1) is 0 Å². The summed E-state index contributed by atoms with van der Waals surface area (Å²) in [5, 5.41) is 0. The van der Waals surface area contributed by atoms with Crippen molar-refractivity contribution in [2.75, 3.05) is 0 Å². The number of hydrogen-bond donors (Lipinski definition) is 0. The normalized spacial score (nSPS) is 20.6. The Hall–Kier alpha value is -1.11. The highest BCUT2D eigenvalue weighted by atomic mass is 16.1. The third-order valence-electron chi connectivity index (χ3n) is 5.29. The van der Waals surface area contributed by atoms with Crippen molar-refractivity contribution in [3.63, 3.8) is 0 Å². The number of benzene rings is 1. The van der Waals surface area contributed by atoms with E-state index in [2.05, 4.69) is 18.2 Å². The fourth-order valence-electron chi connectivity index (χ4n) is 3.66. The average Bonchev–Trinajstić information content (AvgIpc) is 2.44. The average molecular weight is 270 g/mol. The van der Waals surface area contributed by atoms with E-state index in [9.17, 15) is 4.79 Å². The lowest BCUT2D eigenvalue weighted by atomic mass is 9.79. The Labute approximate surface area is 122 Å². The maximum atomic E-state index is 12.4. The largest absolute Gasteiger partial charge is 0.294 e. The van der Waals surface area contributed by atoms with Crippen molar-refractivity contribution in [1.82, 2.24) is 0 Å². The van der Waals surface area contributed by atoms with Gasteiger partial charge in [-0.2, -0.15) is 0 Å². The Bertz CT molecular complexity index is 453. The molecule has 1 aromatic rings. The number of rotatable bonds is 5. The van der Waals surface area contributed by atoms with Crippen molar-refractivity contribution in [1.29, 1.82) is 0 Å². The van der Waals surface area contributed by atoms with Crippen LogP contribution in [0.25, 0.3) is 0 Å². The predicted octanol–water partition coefficient (Wildman–Crippen LogP) is 5.50. The van der Waals surface area contributed by atoms with Crippen LogP contribution in [-0.2, 0) is 0 Å². The van der Waals surface area contributed by atoms with Gasteiger partial charge >= 0.3 is 0 Å². The van der Waals surface area contributed by atoms with Crippen LogP contribution in [0.15, 0.2) is 24.3 Å². The van der Waals surface area contributed by atoms with Crippen LogP contribution >= 0.6 is 0 Å². The van der Waals surface area contributed by atoms with Crippen LogP contribution in [0, 0.1) is 5.92 Å². The fourth-order valence-corrected chi connectivity index (χ4v) is 3.66. The molecule has 1 heteroatoms. The first-order valence-electron chi connectivity index (χ1n) is 8.46. The molecule has 0 radical (unpaired) electrons. The Morgan fingerprint density at radius 3 is 2.50 bits per heavy atom. The molecule has 2 saturated carbocycles. The molecule has 3 rings (SSSR count). The molecule has 0 amide bonds. The van der Waals surface area contributed by atoms with Gasteiger partial charge in [0.15, 0.2) is 5.78 Å². The van der Waals surface area contributed by atoms with E-state index in [0.717, 1.165) is 30.2 Å². The second-order valence-corrected chi connectivity index (χ2v) is 6.72. The molecule has 0 bridgehead atoms. The van der Waals surface area contributed by atoms with Gasteiger partial charge in [-0.1, -0.05) is 56.7 Å². The second kappa shape index (κ2) is 6.56. The third-order valence-corrected chi connectivity index (χ3v) is 5.29. The van der Waals surface area contributed by atoms with Gasteiger partial charge in [0.05, 0.1) is 0 Å². The minimum Gasteiger partial charge on any atom is -0.294 e. The molecule has 2 aliphatic rings. The van der Waals surface area contributed by atoms with Crippen LogP contribution in [0.1, 0.15) is 86.0 Å². The van der Waals surface area contributed by atoms with Crippen molar-refractivity contribution in [2.24, 2.45) is 5.92 Å². The molecule has 1 nitrogen and oxygen atoms in total. The van der Waals surface area contributed by atoms with Crippen LogP contribution in [0.2, 0.25) is 0 Å². The zero-order valence-electron chi connectivity index (χ0n) is 12.4. The Kier molecular flexibility index (Phi) is 4.54. The molecule has 1 aromatic carbocycles. The highest BCUT2D eigenvalue weighted by Gasteiger charge is 2.20. The van der Waals surface area contributed by atoms with Crippen molar-refractivity contribution < 1.29 is 4.79 Å². The van der Waals surface area contributed by atoms with E-state index in [1.807, 2.05) is 6.07 Å². The molecule has 2 aliphatic carbocycles. The lowest BCUT2D eigenvalue weighted by Crippen LogP contribution is -2.11. The predicted molar refractivity (Wildman–Crippen MR) is 83.2 cm³/mol. The molecule has 0 aliphatic heterocycles. The van der Waals surface area contributed by atoms with Crippen molar-refractivity contribution in [3.05, 3.63) is 35.4 Å². The van der Waals surface area contributed by atoms with Gasteiger partial charge in [-0.3, -0.25) is 4.79 Å². The Balaban J connectivity index is 1.55. The van der Waals surface area contributed by atoms with Crippen LogP contribution in [0.5, 0.6) is 0 Å². The van der Waals surface area contributed by atoms with Crippen LogP contribution in [-0.4, -0.2) is 5.78 Å². The second-order valence-electron chi connectivity index (χ2n) is 6.72. The van der Waals surface area contributed by atoms with E-state index in [-0.39, 0.29) is 0 Å². The van der Waals surface area contributed by atoms with Crippen LogP contribution in [0.3, 0.4) is 0 Å². The first-order chi connectivity index (χ1) is 9.83. The van der Waals surface area contributed by atoms with E-state index >= 15 is 0 Å². The van der Waals surface area contributed by atoms with Crippen molar-refractivity contribution >= 4 is 5.78 Å². The lowest BCUT2D eigenvalue weighted by molar-refractivity contribution is 0.0970. The Morgan fingerprint density at radius 2 is 1.80 bits per heavy atom. The standard InChI is InChI=1S/C19H26O/c20-19(13-12-15-6-2-1-3-7-15)18-11-5-10-17(14-18)16-8-4-9-16/h5,10-11,14-16H,1-4,6-9,12-13H2. The van der Waals surface area contributed by atoms with Gasteiger partial charge in [-0.05, 0) is 42.7 Å². The smallest absolute Gasteiger partial charge is 0.162 e. The fraction of sp³-hybridized carbons (Fsp3) is 0.632. The van der Waals surface area contributed by atoms with Crippen LogP contribution in [0.4, 0.5) is 0 Å². The minimum absolute atomic E-state index is 0.358. The molecule has 0 N–H and O–H groups in total. The molecule has 0 heterocycles. The number of carbonyl (C=O) groups is 1. The molecule has 20 heavy (non-hydrogen) atoms. The van der Waals surface area contributed by atoms with Crippen LogP contribution < -0.4 is 0 Å². The summed E-state index contributed by atoms with van der Waals surface area (Å²) in [6.07, 6.45) is 12.6.